The lowest BCUT2D eigenvalue weighted by Gasteiger charge is -2.14. The molecule has 0 spiro atoms. The molecule has 23 heavy (non-hydrogen) atoms. The van der Waals surface area contributed by atoms with E-state index in [1.807, 2.05) is 13.0 Å². The van der Waals surface area contributed by atoms with Crippen molar-refractivity contribution in [1.82, 2.24) is 5.32 Å². The predicted octanol–water partition coefficient (Wildman–Crippen LogP) is 1.72. The lowest BCUT2D eigenvalue weighted by Crippen LogP contribution is -2.19. The number of nitrogens with two attached hydrogens (primary N) is 1. The first-order chi connectivity index (χ1) is 10.8. The van der Waals surface area contributed by atoms with Gasteiger partial charge in [0.2, 0.25) is 10.0 Å². The van der Waals surface area contributed by atoms with E-state index in [4.69, 9.17) is 5.73 Å². The number of unbranched alkanes of at least 4 members (excludes halogenated alkanes) is 3. The molecule has 0 saturated heterocycles. The van der Waals surface area contributed by atoms with Crippen LogP contribution in [0.5, 0.6) is 5.75 Å². The molecule has 0 heterocycles. The Morgan fingerprint density at radius 1 is 1.13 bits per heavy atom. The minimum Gasteiger partial charge on any atom is -0.506 e. The molecule has 0 aliphatic carbocycles. The standard InChI is InChI=1S/C16H29N3O3S/c1-13-14(9-12-18-11-6-4-3-5-10-17)7-8-15(20)16(13)19-23(2,21)22/h7-8,18-20H,3-6,9-12,17H2,1-2H3. The van der Waals surface area contributed by atoms with Crippen molar-refractivity contribution in [2.45, 2.75) is 39.0 Å². The summed E-state index contributed by atoms with van der Waals surface area (Å²) in [5.41, 5.74) is 7.51. The van der Waals surface area contributed by atoms with Gasteiger partial charge in [-0.05, 0) is 63.0 Å². The molecule has 0 aliphatic heterocycles. The highest BCUT2D eigenvalue weighted by Crippen LogP contribution is 2.30. The Balaban J connectivity index is 2.47. The first-order valence-corrected chi connectivity index (χ1v) is 9.94. The zero-order valence-electron chi connectivity index (χ0n) is 14.1. The van der Waals surface area contributed by atoms with Crippen LogP contribution in [0.15, 0.2) is 12.1 Å². The number of anilines is 1. The molecular formula is C16H29N3O3S. The van der Waals surface area contributed by atoms with Gasteiger partial charge in [0.25, 0.3) is 0 Å². The molecule has 0 radical (unpaired) electrons. The minimum absolute atomic E-state index is 0.0514. The lowest BCUT2D eigenvalue weighted by molar-refractivity contribution is 0.477. The summed E-state index contributed by atoms with van der Waals surface area (Å²) in [5, 5.41) is 13.2. The highest BCUT2D eigenvalue weighted by atomic mass is 32.2. The smallest absolute Gasteiger partial charge is 0.229 e. The summed E-state index contributed by atoms with van der Waals surface area (Å²) < 4.78 is 25.1. The van der Waals surface area contributed by atoms with Crippen LogP contribution in [0.2, 0.25) is 0 Å². The molecule has 0 saturated carbocycles. The molecular weight excluding hydrogens is 314 g/mol. The van der Waals surface area contributed by atoms with Crippen molar-refractivity contribution in [2.75, 3.05) is 30.6 Å². The number of nitrogens with one attached hydrogen (secondary N) is 2. The van der Waals surface area contributed by atoms with E-state index in [2.05, 4.69) is 10.0 Å². The van der Waals surface area contributed by atoms with E-state index >= 15 is 0 Å². The van der Waals surface area contributed by atoms with Crippen molar-refractivity contribution in [3.63, 3.8) is 0 Å². The SMILES string of the molecule is Cc1c(CCNCCCCCCN)ccc(O)c1NS(C)(=O)=O. The number of hydrogen-bond acceptors (Lipinski definition) is 5. The van der Waals surface area contributed by atoms with Gasteiger partial charge in [-0.1, -0.05) is 18.9 Å². The Labute approximate surface area is 139 Å². The summed E-state index contributed by atoms with van der Waals surface area (Å²) in [5.74, 6) is -0.0514. The van der Waals surface area contributed by atoms with Crippen LogP contribution in [0, 0.1) is 6.92 Å². The van der Waals surface area contributed by atoms with E-state index in [0.717, 1.165) is 56.3 Å². The Morgan fingerprint density at radius 2 is 1.83 bits per heavy atom. The lowest BCUT2D eigenvalue weighted by atomic mass is 10.0. The van der Waals surface area contributed by atoms with Crippen molar-refractivity contribution < 1.29 is 13.5 Å². The maximum absolute atomic E-state index is 11.4. The van der Waals surface area contributed by atoms with Crippen molar-refractivity contribution in [1.29, 1.82) is 0 Å². The summed E-state index contributed by atoms with van der Waals surface area (Å²) in [4.78, 5) is 0. The summed E-state index contributed by atoms with van der Waals surface area (Å²) >= 11 is 0. The average molecular weight is 343 g/mol. The minimum atomic E-state index is -3.41. The van der Waals surface area contributed by atoms with Gasteiger partial charge in [0.1, 0.15) is 5.75 Å². The van der Waals surface area contributed by atoms with Gasteiger partial charge >= 0.3 is 0 Å². The van der Waals surface area contributed by atoms with E-state index in [-0.39, 0.29) is 11.4 Å². The molecule has 0 fully saturated rings. The van der Waals surface area contributed by atoms with Crippen LogP contribution >= 0.6 is 0 Å². The molecule has 0 unspecified atom stereocenters. The van der Waals surface area contributed by atoms with E-state index in [9.17, 15) is 13.5 Å². The number of phenolic OH excluding ortho intramolecular Hbond substituents is 1. The van der Waals surface area contributed by atoms with Gasteiger partial charge in [-0.25, -0.2) is 8.42 Å². The Morgan fingerprint density at radius 3 is 2.48 bits per heavy atom. The Kier molecular flexibility index (Phi) is 8.36. The van der Waals surface area contributed by atoms with Crippen molar-refractivity contribution in [3.05, 3.63) is 23.3 Å². The van der Waals surface area contributed by atoms with Crippen LogP contribution in [0.3, 0.4) is 0 Å². The summed E-state index contributed by atoms with van der Waals surface area (Å²) in [6, 6.07) is 3.36. The Bertz CT molecular complexity index is 588. The topological polar surface area (TPSA) is 104 Å². The molecule has 6 nitrogen and oxygen atoms in total. The van der Waals surface area contributed by atoms with Crippen LogP contribution < -0.4 is 15.8 Å². The molecule has 1 rings (SSSR count). The molecule has 0 atom stereocenters. The maximum atomic E-state index is 11.4. The largest absolute Gasteiger partial charge is 0.506 e. The van der Waals surface area contributed by atoms with Crippen molar-refractivity contribution >= 4 is 15.7 Å². The van der Waals surface area contributed by atoms with Gasteiger partial charge in [0.05, 0.1) is 11.9 Å². The fraction of sp³-hybridized carbons (Fsp3) is 0.625. The fourth-order valence-electron chi connectivity index (χ4n) is 2.42. The van der Waals surface area contributed by atoms with Crippen molar-refractivity contribution in [3.8, 4) is 5.75 Å². The average Bonchev–Trinajstić information content (AvgIpc) is 2.47. The van der Waals surface area contributed by atoms with Gasteiger partial charge in [0, 0.05) is 0 Å². The third-order valence-corrected chi connectivity index (χ3v) is 4.30. The zero-order chi connectivity index (χ0) is 17.3. The highest BCUT2D eigenvalue weighted by Gasteiger charge is 2.12. The van der Waals surface area contributed by atoms with Gasteiger partial charge < -0.3 is 16.2 Å². The number of phenols is 1. The highest BCUT2D eigenvalue weighted by molar-refractivity contribution is 7.92. The second-order valence-electron chi connectivity index (χ2n) is 5.82. The van der Waals surface area contributed by atoms with Crippen LogP contribution in [-0.2, 0) is 16.4 Å². The number of benzene rings is 1. The van der Waals surface area contributed by atoms with Gasteiger partial charge in [-0.2, -0.15) is 0 Å². The fourth-order valence-corrected chi connectivity index (χ4v) is 3.05. The second-order valence-corrected chi connectivity index (χ2v) is 7.57. The molecule has 1 aromatic rings. The number of hydrogen-bond donors (Lipinski definition) is 4. The van der Waals surface area contributed by atoms with E-state index < -0.39 is 10.0 Å². The molecule has 0 aromatic heterocycles. The Hall–Kier alpha value is -1.31. The number of sulfonamides is 1. The zero-order valence-corrected chi connectivity index (χ0v) is 14.9. The number of aromatic hydroxyl groups is 1. The first-order valence-electron chi connectivity index (χ1n) is 8.05. The molecule has 7 heteroatoms. The van der Waals surface area contributed by atoms with E-state index in [1.54, 1.807) is 0 Å². The number of rotatable bonds is 11. The second kappa shape index (κ2) is 9.75. The summed E-state index contributed by atoms with van der Waals surface area (Å²) in [6.45, 7) is 4.36. The molecule has 5 N–H and O–H groups in total. The monoisotopic (exact) mass is 343 g/mol. The van der Waals surface area contributed by atoms with Crippen LogP contribution in [0.25, 0.3) is 0 Å². The van der Waals surface area contributed by atoms with Crippen LogP contribution in [-0.4, -0.2) is 39.4 Å². The van der Waals surface area contributed by atoms with Gasteiger partial charge in [-0.15, -0.1) is 0 Å². The van der Waals surface area contributed by atoms with Crippen LogP contribution in [0.4, 0.5) is 5.69 Å². The normalized spacial score (nSPS) is 11.6. The molecule has 0 aliphatic rings. The molecule has 132 valence electrons. The van der Waals surface area contributed by atoms with Gasteiger partial charge in [0.15, 0.2) is 0 Å². The molecule has 1 aromatic carbocycles. The van der Waals surface area contributed by atoms with E-state index in [0.29, 0.717) is 0 Å². The van der Waals surface area contributed by atoms with E-state index in [1.165, 1.54) is 18.9 Å². The van der Waals surface area contributed by atoms with Crippen molar-refractivity contribution in [2.24, 2.45) is 5.73 Å². The third kappa shape index (κ3) is 7.67. The quantitative estimate of drug-likeness (QED) is 0.362. The summed E-state index contributed by atoms with van der Waals surface area (Å²) in [7, 11) is -3.41. The molecule has 0 amide bonds. The predicted molar refractivity (Wildman–Crippen MR) is 95.4 cm³/mol. The van der Waals surface area contributed by atoms with Crippen LogP contribution in [0.1, 0.15) is 36.8 Å². The first kappa shape index (κ1) is 19.7. The summed E-state index contributed by atoms with van der Waals surface area (Å²) in [6.07, 6.45) is 6.44. The third-order valence-electron chi connectivity index (χ3n) is 3.72. The van der Waals surface area contributed by atoms with Gasteiger partial charge in [-0.3, -0.25) is 4.72 Å². The molecule has 0 bridgehead atoms. The maximum Gasteiger partial charge on any atom is 0.229 e.